The summed E-state index contributed by atoms with van der Waals surface area (Å²) in [5.41, 5.74) is 2.61. The lowest BCUT2D eigenvalue weighted by Gasteiger charge is -2.19. The third-order valence-electron chi connectivity index (χ3n) is 3.45. The molecular formula is C17H22NOP. The van der Waals surface area contributed by atoms with Crippen LogP contribution in [0.5, 0.6) is 5.75 Å². The molecule has 2 N–H and O–H groups in total. The van der Waals surface area contributed by atoms with E-state index in [0.29, 0.717) is 20.4 Å². The van der Waals surface area contributed by atoms with Crippen LogP contribution in [0.4, 0.5) is 0 Å². The molecule has 0 heterocycles. The first-order valence-corrected chi connectivity index (χ1v) is 8.01. The zero-order chi connectivity index (χ0) is 14.5. The van der Waals surface area contributed by atoms with Gasteiger partial charge < -0.3 is 10.4 Å². The molecule has 0 aliphatic heterocycles. The Morgan fingerprint density at radius 2 is 1.90 bits per heavy atom. The van der Waals surface area contributed by atoms with E-state index in [-0.39, 0.29) is 0 Å². The monoisotopic (exact) mass is 287 g/mol. The molecule has 2 nitrogen and oxygen atoms in total. The molecule has 106 valence electrons. The number of aromatic hydroxyl groups is 1. The molecule has 2 rings (SSSR count). The van der Waals surface area contributed by atoms with Crippen molar-refractivity contribution in [3.8, 4) is 5.75 Å². The Hall–Kier alpha value is -1.37. The van der Waals surface area contributed by atoms with Crippen LogP contribution in [0, 0.1) is 6.92 Å². The highest BCUT2D eigenvalue weighted by Gasteiger charge is 2.13. The normalized spacial score (nSPS) is 12.9. The molecule has 0 aromatic heterocycles. The number of hydrogen-bond donors (Lipinski definition) is 2. The van der Waals surface area contributed by atoms with E-state index in [1.807, 2.05) is 18.2 Å². The molecule has 2 atom stereocenters. The topological polar surface area (TPSA) is 32.3 Å². The molecule has 0 saturated carbocycles. The Morgan fingerprint density at radius 1 is 1.15 bits per heavy atom. The smallest absolute Gasteiger partial charge is 0.123 e. The molecule has 0 bridgehead atoms. The molecule has 0 radical (unpaired) electrons. The summed E-state index contributed by atoms with van der Waals surface area (Å²) in [6.07, 6.45) is 0. The lowest BCUT2D eigenvalue weighted by atomic mass is 10.1. The van der Waals surface area contributed by atoms with Gasteiger partial charge in [0.05, 0.1) is 0 Å². The third-order valence-corrected chi connectivity index (χ3v) is 5.07. The fourth-order valence-electron chi connectivity index (χ4n) is 2.35. The fraction of sp³-hybridized carbons (Fsp3) is 0.294. The van der Waals surface area contributed by atoms with E-state index >= 15 is 0 Å². The minimum Gasteiger partial charge on any atom is -0.507 e. The second kappa shape index (κ2) is 6.88. The van der Waals surface area contributed by atoms with Gasteiger partial charge in [0.2, 0.25) is 0 Å². The van der Waals surface area contributed by atoms with Crippen LogP contribution in [0.3, 0.4) is 0 Å². The number of nitrogens with one attached hydrogen (secondary N) is 1. The molecule has 0 saturated heterocycles. The summed E-state index contributed by atoms with van der Waals surface area (Å²) in [5.74, 6) is 0.385. The van der Waals surface area contributed by atoms with Crippen LogP contribution in [-0.4, -0.2) is 11.7 Å². The van der Waals surface area contributed by atoms with Crippen molar-refractivity contribution < 1.29 is 5.11 Å². The quantitative estimate of drug-likeness (QED) is 0.829. The van der Waals surface area contributed by atoms with Crippen molar-refractivity contribution in [3.05, 3.63) is 53.6 Å². The largest absolute Gasteiger partial charge is 0.507 e. The molecule has 0 spiro atoms. The van der Waals surface area contributed by atoms with Crippen molar-refractivity contribution >= 4 is 19.2 Å². The molecule has 0 aliphatic carbocycles. The Labute approximate surface area is 123 Å². The van der Waals surface area contributed by atoms with Gasteiger partial charge in [-0.1, -0.05) is 51.9 Å². The summed E-state index contributed by atoms with van der Waals surface area (Å²) in [6.45, 7) is 7.41. The maximum absolute atomic E-state index is 9.99. The Balaban J connectivity index is 2.38. The van der Waals surface area contributed by atoms with Crippen molar-refractivity contribution in [1.82, 2.24) is 5.32 Å². The first-order chi connectivity index (χ1) is 9.63. The van der Waals surface area contributed by atoms with Crippen LogP contribution in [0.1, 0.15) is 31.0 Å². The van der Waals surface area contributed by atoms with E-state index in [0.717, 1.165) is 11.8 Å². The number of phenols is 1. The first kappa shape index (κ1) is 15.0. The number of benzene rings is 2. The summed E-state index contributed by atoms with van der Waals surface area (Å²) < 4.78 is 0. The Morgan fingerprint density at radius 3 is 2.60 bits per heavy atom. The van der Waals surface area contributed by atoms with Crippen LogP contribution in [0.2, 0.25) is 0 Å². The summed E-state index contributed by atoms with van der Waals surface area (Å²) in [7, 11) is 0.480. The second-order valence-corrected chi connectivity index (χ2v) is 6.25. The molecule has 0 amide bonds. The third kappa shape index (κ3) is 3.39. The minimum atomic E-state index is 0.327. The number of rotatable bonds is 5. The molecule has 0 aliphatic rings. The zero-order valence-corrected chi connectivity index (χ0v) is 13.3. The van der Waals surface area contributed by atoms with E-state index in [1.54, 1.807) is 6.07 Å². The van der Waals surface area contributed by atoms with Crippen molar-refractivity contribution in [2.75, 3.05) is 6.54 Å². The van der Waals surface area contributed by atoms with Gasteiger partial charge in [-0.2, -0.15) is 0 Å². The van der Waals surface area contributed by atoms with Crippen molar-refractivity contribution in [1.29, 1.82) is 0 Å². The van der Waals surface area contributed by atoms with Gasteiger partial charge in [0.15, 0.2) is 0 Å². The van der Waals surface area contributed by atoms with E-state index in [2.05, 4.69) is 44.3 Å². The highest BCUT2D eigenvalue weighted by molar-refractivity contribution is 7.56. The van der Waals surface area contributed by atoms with Crippen molar-refractivity contribution in [2.45, 2.75) is 26.8 Å². The standard InChI is InChI=1S/C17H22NOP/c1-4-18-13(3)14-9-7-8-12(2)17(14)20-16-11-6-5-10-15(16)19/h5-11,13,18-20H,4H2,1-3H3. The number of hydrogen-bond acceptors (Lipinski definition) is 2. The lowest BCUT2D eigenvalue weighted by molar-refractivity contribution is 0.480. The maximum atomic E-state index is 9.99. The van der Waals surface area contributed by atoms with Gasteiger partial charge in [-0.3, -0.25) is 0 Å². The average Bonchev–Trinajstić information content (AvgIpc) is 2.43. The fourth-order valence-corrected chi connectivity index (χ4v) is 3.74. The Bertz CT molecular complexity index is 583. The predicted molar refractivity (Wildman–Crippen MR) is 89.0 cm³/mol. The summed E-state index contributed by atoms with van der Waals surface area (Å²) in [5, 5.41) is 15.8. The van der Waals surface area contributed by atoms with E-state index in [1.165, 1.54) is 16.4 Å². The van der Waals surface area contributed by atoms with Gasteiger partial charge in [0.1, 0.15) is 5.75 Å². The number of aryl methyl sites for hydroxylation is 1. The van der Waals surface area contributed by atoms with E-state index in [9.17, 15) is 5.11 Å². The predicted octanol–water partition coefficient (Wildman–Crippen LogP) is 3.00. The summed E-state index contributed by atoms with van der Waals surface area (Å²) in [6, 6.07) is 14.4. The molecule has 0 fully saturated rings. The van der Waals surface area contributed by atoms with Crippen molar-refractivity contribution in [3.63, 3.8) is 0 Å². The lowest BCUT2D eigenvalue weighted by Crippen LogP contribution is -2.24. The van der Waals surface area contributed by atoms with Crippen LogP contribution >= 0.6 is 8.58 Å². The maximum Gasteiger partial charge on any atom is 0.123 e. The van der Waals surface area contributed by atoms with Crippen LogP contribution < -0.4 is 15.9 Å². The average molecular weight is 287 g/mol. The Kier molecular flexibility index (Phi) is 5.17. The van der Waals surface area contributed by atoms with Crippen molar-refractivity contribution in [2.24, 2.45) is 0 Å². The highest BCUT2D eigenvalue weighted by Crippen LogP contribution is 2.24. The summed E-state index contributed by atoms with van der Waals surface area (Å²) >= 11 is 0. The first-order valence-electron chi connectivity index (χ1n) is 7.01. The van der Waals surface area contributed by atoms with Crippen LogP contribution in [0.15, 0.2) is 42.5 Å². The van der Waals surface area contributed by atoms with Gasteiger partial charge in [-0.15, -0.1) is 0 Å². The SMILES string of the molecule is CCNC(C)c1cccc(C)c1Pc1ccccc1O. The van der Waals surface area contributed by atoms with E-state index in [4.69, 9.17) is 0 Å². The van der Waals surface area contributed by atoms with Crippen LogP contribution in [0.25, 0.3) is 0 Å². The zero-order valence-electron chi connectivity index (χ0n) is 12.3. The molecular weight excluding hydrogens is 265 g/mol. The van der Waals surface area contributed by atoms with Gasteiger partial charge in [-0.25, -0.2) is 0 Å². The molecule has 2 aromatic rings. The summed E-state index contributed by atoms with van der Waals surface area (Å²) in [4.78, 5) is 0. The molecule has 2 aromatic carbocycles. The molecule has 20 heavy (non-hydrogen) atoms. The van der Waals surface area contributed by atoms with Gasteiger partial charge in [-0.05, 0) is 42.9 Å². The van der Waals surface area contributed by atoms with E-state index < -0.39 is 0 Å². The van der Waals surface area contributed by atoms with Gasteiger partial charge in [0.25, 0.3) is 0 Å². The number of para-hydroxylation sites is 1. The molecule has 3 heteroatoms. The second-order valence-electron chi connectivity index (χ2n) is 4.96. The van der Waals surface area contributed by atoms with Crippen LogP contribution in [-0.2, 0) is 0 Å². The number of phenolic OH excluding ortho intramolecular Hbond substituents is 1. The highest BCUT2D eigenvalue weighted by atomic mass is 31.1. The minimum absolute atomic E-state index is 0.327. The van der Waals surface area contributed by atoms with Gasteiger partial charge >= 0.3 is 0 Å². The molecule has 2 unspecified atom stereocenters. The van der Waals surface area contributed by atoms with Gasteiger partial charge in [0, 0.05) is 11.3 Å².